The molecule has 6 heteroatoms. The third-order valence-corrected chi connectivity index (χ3v) is 2.58. The molecular formula is C9H12BO4S. The molecule has 0 bridgehead atoms. The topological polar surface area (TPSA) is 44.8 Å². The summed E-state index contributed by atoms with van der Waals surface area (Å²) in [6.07, 6.45) is -0.243. The van der Waals surface area contributed by atoms with Crippen molar-refractivity contribution in [3.05, 3.63) is 11.3 Å². The zero-order valence-electron chi connectivity index (χ0n) is 9.61. The maximum atomic E-state index is 11.6. The molecule has 1 radical (unpaired) electrons. The molecule has 1 aliphatic carbocycles. The van der Waals surface area contributed by atoms with Gasteiger partial charge in [0.1, 0.15) is 5.76 Å². The maximum Gasteiger partial charge on any atom is 0.209 e. The first-order valence-electron chi connectivity index (χ1n) is 5.21. The minimum atomic E-state index is -0.740. The summed E-state index contributed by atoms with van der Waals surface area (Å²) < 4.78 is 23.0. The second kappa shape index (κ2) is 3.85. The molecule has 81 valence electrons. The van der Waals surface area contributed by atoms with Gasteiger partial charge in [0.15, 0.2) is 11.9 Å². The van der Waals surface area contributed by atoms with Crippen LogP contribution in [0.2, 0.25) is 0 Å². The largest absolute Gasteiger partial charge is 0.464 e. The van der Waals surface area contributed by atoms with Crippen molar-refractivity contribution in [2.24, 2.45) is 0 Å². The summed E-state index contributed by atoms with van der Waals surface area (Å²) in [6, 6.07) is 0. The smallest absolute Gasteiger partial charge is 0.209 e. The highest BCUT2D eigenvalue weighted by Gasteiger charge is 2.47. The monoisotopic (exact) mass is 229 g/mol. The molecule has 1 aliphatic heterocycles. The van der Waals surface area contributed by atoms with Gasteiger partial charge in [-0.05, 0) is 1.34 Å². The van der Waals surface area contributed by atoms with Crippen molar-refractivity contribution in [1.82, 2.24) is 0 Å². The Morgan fingerprint density at radius 2 is 2.60 bits per heavy atom. The van der Waals surface area contributed by atoms with Crippen LogP contribution in [-0.2, 0) is 18.5 Å². The van der Waals surface area contributed by atoms with E-state index in [4.69, 9.17) is 15.0 Å². The van der Waals surface area contributed by atoms with Crippen molar-refractivity contribution >= 4 is 24.8 Å². The molecule has 0 saturated carbocycles. The number of hydrogen-bond donors (Lipinski definition) is 0. The van der Waals surface area contributed by atoms with E-state index in [1.165, 1.54) is 0 Å². The van der Waals surface area contributed by atoms with Gasteiger partial charge in [-0.3, -0.25) is 4.79 Å². The van der Waals surface area contributed by atoms with Crippen molar-refractivity contribution in [2.75, 3.05) is 6.61 Å². The van der Waals surface area contributed by atoms with Crippen molar-refractivity contribution in [3.63, 3.8) is 0 Å². The van der Waals surface area contributed by atoms with Crippen molar-refractivity contribution in [1.29, 1.82) is 1.34 Å². The van der Waals surface area contributed by atoms with Gasteiger partial charge >= 0.3 is 0 Å². The quantitative estimate of drug-likeness (QED) is 0.406. The Morgan fingerprint density at radius 3 is 3.33 bits per heavy atom. The SMILES string of the molecule is [3H][B]SOCC1=C2OC(C)(C)O[C@H]2C(=O)C1. The van der Waals surface area contributed by atoms with Crippen LogP contribution in [0.25, 0.3) is 0 Å². The Kier molecular flexibility index (Phi) is 2.50. The van der Waals surface area contributed by atoms with E-state index in [2.05, 4.69) is 0 Å². The van der Waals surface area contributed by atoms with Crippen LogP contribution in [-0.4, -0.2) is 32.7 Å². The lowest BCUT2D eigenvalue weighted by Gasteiger charge is -2.17. The fraction of sp³-hybridized carbons (Fsp3) is 0.667. The van der Waals surface area contributed by atoms with E-state index >= 15 is 0 Å². The Bertz CT molecular complexity index is 344. The molecule has 0 unspecified atom stereocenters. The first-order chi connectivity index (χ1) is 7.53. The van der Waals surface area contributed by atoms with Gasteiger partial charge < -0.3 is 13.7 Å². The Hall–Kier alpha value is -0.455. The van der Waals surface area contributed by atoms with Crippen LogP contribution < -0.4 is 0 Å². The third-order valence-electron chi connectivity index (χ3n) is 2.33. The third kappa shape index (κ3) is 2.07. The molecule has 1 atom stereocenters. The summed E-state index contributed by atoms with van der Waals surface area (Å²) in [6.45, 7) is 3.84. The molecule has 2 aliphatic rings. The average molecular weight is 229 g/mol. The van der Waals surface area contributed by atoms with Gasteiger partial charge in [0, 0.05) is 25.8 Å². The van der Waals surface area contributed by atoms with E-state index in [1.807, 2.05) is 0 Å². The number of ketones is 1. The van der Waals surface area contributed by atoms with Gasteiger partial charge in [-0.15, -0.1) is 0 Å². The molecule has 15 heavy (non-hydrogen) atoms. The molecule has 0 amide bonds. The number of carbonyl (C=O) groups excluding carboxylic acids is 1. The first-order valence-corrected chi connectivity index (χ1v) is 5.44. The van der Waals surface area contributed by atoms with Crippen LogP contribution >= 0.6 is 11.9 Å². The summed E-state index contributed by atoms with van der Waals surface area (Å²) in [5, 5.41) is 0. The van der Waals surface area contributed by atoms with E-state index in [9.17, 15) is 4.79 Å². The number of carbonyl (C=O) groups is 1. The van der Waals surface area contributed by atoms with Crippen molar-refractivity contribution in [3.8, 4) is 0 Å². The zero-order chi connectivity index (χ0) is 11.8. The fourth-order valence-electron chi connectivity index (χ4n) is 1.77. The van der Waals surface area contributed by atoms with Crippen LogP contribution in [0.1, 0.15) is 20.3 Å². The van der Waals surface area contributed by atoms with Crippen molar-refractivity contribution < 1.29 is 18.5 Å². The molecule has 2 rings (SSSR count). The zero-order valence-corrected chi connectivity index (χ0v) is 9.43. The molecule has 0 aromatic rings. The van der Waals surface area contributed by atoms with Gasteiger partial charge in [-0.25, -0.2) is 0 Å². The Balaban J connectivity index is 2.07. The lowest BCUT2D eigenvalue weighted by atomic mass is 10.2. The van der Waals surface area contributed by atoms with E-state index in [-0.39, 0.29) is 12.4 Å². The predicted octanol–water partition coefficient (Wildman–Crippen LogP) is 0.845. The second-order valence-electron chi connectivity index (χ2n) is 3.97. The van der Waals surface area contributed by atoms with E-state index in [0.717, 1.165) is 24.6 Å². The number of rotatable bonds is 4. The summed E-state index contributed by atoms with van der Waals surface area (Å²) in [5.74, 6) is -0.129. The lowest BCUT2D eigenvalue weighted by Crippen LogP contribution is -2.25. The van der Waals surface area contributed by atoms with E-state index in [0.29, 0.717) is 12.2 Å². The highest BCUT2D eigenvalue weighted by Crippen LogP contribution is 2.39. The van der Waals surface area contributed by atoms with E-state index < -0.39 is 11.9 Å². The van der Waals surface area contributed by atoms with E-state index in [1.54, 1.807) is 13.8 Å². The van der Waals surface area contributed by atoms with Gasteiger partial charge in [-0.2, -0.15) is 0 Å². The molecule has 0 aromatic heterocycles. The fourth-order valence-corrected chi connectivity index (χ4v) is 1.98. The lowest BCUT2D eigenvalue weighted by molar-refractivity contribution is -0.151. The molecule has 0 spiro atoms. The van der Waals surface area contributed by atoms with Crippen LogP contribution in [0, 0.1) is 0 Å². The van der Waals surface area contributed by atoms with Crippen molar-refractivity contribution in [2.45, 2.75) is 32.2 Å². The number of Topliss-reactive ketones (excluding diaryl/α,β-unsaturated/α-hetero) is 1. The van der Waals surface area contributed by atoms with Crippen LogP contribution in [0.15, 0.2) is 11.3 Å². The molecule has 1 fully saturated rings. The average Bonchev–Trinajstić information content (AvgIpc) is 2.64. The van der Waals surface area contributed by atoms with Crippen LogP contribution in [0.5, 0.6) is 0 Å². The molecular weight excluding hydrogens is 215 g/mol. The maximum absolute atomic E-state index is 11.6. The Labute approximate surface area is 95.2 Å². The number of ether oxygens (including phenoxy) is 2. The van der Waals surface area contributed by atoms with Crippen LogP contribution in [0.4, 0.5) is 0 Å². The molecule has 0 N–H and O–H groups in total. The number of fused-ring (bicyclic) bond motifs is 1. The predicted molar refractivity (Wildman–Crippen MR) is 57.4 cm³/mol. The molecule has 1 heterocycles. The highest BCUT2D eigenvalue weighted by molar-refractivity contribution is 8.15. The standard InChI is InChI=1S/C9H12BO4S/c1-9(2)13-7-5(4-12-15-10)3-6(11)8(7)14-9/h8,10H,3-4H2,1-2H3/t8-/m0/s1/i10T. The number of hydrogen-bond acceptors (Lipinski definition) is 5. The summed E-state index contributed by atoms with van der Waals surface area (Å²) >= 11 is 0.930. The highest BCUT2D eigenvalue weighted by atomic mass is 32.2. The second-order valence-corrected chi connectivity index (χ2v) is 4.40. The first kappa shape index (κ1) is 9.75. The summed E-state index contributed by atoms with van der Waals surface area (Å²) in [7, 11) is 1.09. The molecule has 1 saturated heterocycles. The summed E-state index contributed by atoms with van der Waals surface area (Å²) in [5.41, 5.74) is 0.815. The van der Waals surface area contributed by atoms with Gasteiger partial charge in [0.2, 0.25) is 12.9 Å². The van der Waals surface area contributed by atoms with Crippen LogP contribution in [0.3, 0.4) is 0 Å². The minimum absolute atomic E-state index is 0.0130. The van der Waals surface area contributed by atoms with Gasteiger partial charge in [0.05, 0.1) is 6.61 Å². The van der Waals surface area contributed by atoms with Gasteiger partial charge in [-0.1, -0.05) is 11.9 Å². The molecule has 4 nitrogen and oxygen atoms in total. The minimum Gasteiger partial charge on any atom is -0.464 e. The summed E-state index contributed by atoms with van der Waals surface area (Å²) in [4.78, 5) is 11.6. The normalized spacial score (nSPS) is 28.8. The molecule has 0 aromatic carbocycles. The Morgan fingerprint density at radius 1 is 1.80 bits per heavy atom. The van der Waals surface area contributed by atoms with Gasteiger partial charge in [0.25, 0.3) is 0 Å².